The summed E-state index contributed by atoms with van der Waals surface area (Å²) in [5, 5.41) is 9.05. The van der Waals surface area contributed by atoms with Crippen LogP contribution in [0.25, 0.3) is 0 Å². The highest BCUT2D eigenvalue weighted by atomic mass is 16.4. The van der Waals surface area contributed by atoms with E-state index in [0.717, 1.165) is 31.4 Å². The average molecular weight is 249 g/mol. The van der Waals surface area contributed by atoms with Crippen molar-refractivity contribution in [3.05, 3.63) is 33.7 Å². The molecule has 1 fully saturated rings. The molecule has 1 aliphatic carbocycles. The van der Waals surface area contributed by atoms with Crippen LogP contribution >= 0.6 is 0 Å². The maximum atomic E-state index is 12.3. The summed E-state index contributed by atoms with van der Waals surface area (Å²) in [6, 6.07) is 3.40. The van der Waals surface area contributed by atoms with Gasteiger partial charge in [-0.2, -0.15) is 0 Å². The first-order valence-corrected chi connectivity index (χ1v) is 6.51. The maximum absolute atomic E-state index is 12.3. The zero-order valence-electron chi connectivity index (χ0n) is 10.8. The van der Waals surface area contributed by atoms with E-state index in [1.54, 1.807) is 10.6 Å². The van der Waals surface area contributed by atoms with E-state index in [-0.39, 0.29) is 23.1 Å². The molecule has 0 amide bonds. The SMILES string of the molecule is CC(C)c1ccc(C(=O)O)c(=O)n1C1CCCC1. The van der Waals surface area contributed by atoms with Crippen LogP contribution in [0.15, 0.2) is 16.9 Å². The van der Waals surface area contributed by atoms with Crippen LogP contribution in [0.2, 0.25) is 0 Å². The Kier molecular flexibility index (Phi) is 3.55. The van der Waals surface area contributed by atoms with E-state index in [2.05, 4.69) is 0 Å². The van der Waals surface area contributed by atoms with Gasteiger partial charge in [0.05, 0.1) is 0 Å². The molecule has 4 nitrogen and oxygen atoms in total. The molecule has 0 bridgehead atoms. The smallest absolute Gasteiger partial charge is 0.341 e. The first-order chi connectivity index (χ1) is 8.52. The highest BCUT2D eigenvalue weighted by Crippen LogP contribution is 2.31. The Morgan fingerprint density at radius 2 is 1.94 bits per heavy atom. The van der Waals surface area contributed by atoms with Gasteiger partial charge in [-0.15, -0.1) is 0 Å². The number of rotatable bonds is 3. The van der Waals surface area contributed by atoms with Crippen LogP contribution in [0.1, 0.15) is 67.5 Å². The van der Waals surface area contributed by atoms with Crippen LogP contribution < -0.4 is 5.56 Å². The Hall–Kier alpha value is -1.58. The number of carboxylic acid groups (broad SMARTS) is 1. The summed E-state index contributed by atoms with van der Waals surface area (Å²) in [6.07, 6.45) is 4.18. The van der Waals surface area contributed by atoms with Crippen molar-refractivity contribution in [3.8, 4) is 0 Å². The topological polar surface area (TPSA) is 59.3 Å². The molecule has 0 aromatic carbocycles. The molecular weight excluding hydrogens is 230 g/mol. The van der Waals surface area contributed by atoms with E-state index >= 15 is 0 Å². The lowest BCUT2D eigenvalue weighted by Crippen LogP contribution is -2.31. The molecule has 1 saturated carbocycles. The summed E-state index contributed by atoms with van der Waals surface area (Å²) in [7, 11) is 0. The van der Waals surface area contributed by atoms with Crippen molar-refractivity contribution < 1.29 is 9.90 Å². The minimum Gasteiger partial charge on any atom is -0.477 e. The van der Waals surface area contributed by atoms with Crippen molar-refractivity contribution in [1.82, 2.24) is 4.57 Å². The first-order valence-electron chi connectivity index (χ1n) is 6.51. The Balaban J connectivity index is 2.60. The van der Waals surface area contributed by atoms with E-state index in [1.165, 1.54) is 6.07 Å². The van der Waals surface area contributed by atoms with Gasteiger partial charge < -0.3 is 9.67 Å². The Labute approximate surface area is 106 Å². The third-order valence-electron chi connectivity index (χ3n) is 3.66. The van der Waals surface area contributed by atoms with Gasteiger partial charge in [-0.25, -0.2) is 4.79 Å². The molecule has 1 aromatic rings. The number of hydrogen-bond acceptors (Lipinski definition) is 2. The number of carbonyl (C=O) groups is 1. The summed E-state index contributed by atoms with van der Waals surface area (Å²) < 4.78 is 1.72. The fraction of sp³-hybridized carbons (Fsp3) is 0.571. The monoisotopic (exact) mass is 249 g/mol. The van der Waals surface area contributed by atoms with Gasteiger partial charge >= 0.3 is 5.97 Å². The van der Waals surface area contributed by atoms with E-state index < -0.39 is 5.97 Å². The Morgan fingerprint density at radius 3 is 2.44 bits per heavy atom. The van der Waals surface area contributed by atoms with Crippen molar-refractivity contribution in [3.63, 3.8) is 0 Å². The van der Waals surface area contributed by atoms with Crippen molar-refractivity contribution in [2.75, 3.05) is 0 Å². The van der Waals surface area contributed by atoms with Crippen molar-refractivity contribution in [1.29, 1.82) is 0 Å². The fourth-order valence-corrected chi connectivity index (χ4v) is 2.74. The third-order valence-corrected chi connectivity index (χ3v) is 3.66. The number of aromatic nitrogens is 1. The second kappa shape index (κ2) is 4.96. The lowest BCUT2D eigenvalue weighted by molar-refractivity contribution is 0.0694. The Morgan fingerprint density at radius 1 is 1.33 bits per heavy atom. The molecule has 1 N–H and O–H groups in total. The van der Waals surface area contributed by atoms with Crippen molar-refractivity contribution in [2.45, 2.75) is 51.5 Å². The molecule has 0 radical (unpaired) electrons. The number of pyridine rings is 1. The quantitative estimate of drug-likeness (QED) is 0.896. The van der Waals surface area contributed by atoms with Gasteiger partial charge in [0.25, 0.3) is 5.56 Å². The second-order valence-corrected chi connectivity index (χ2v) is 5.25. The molecule has 0 saturated heterocycles. The molecule has 1 heterocycles. The number of aromatic carboxylic acids is 1. The van der Waals surface area contributed by atoms with Crippen molar-refractivity contribution >= 4 is 5.97 Å². The minimum atomic E-state index is -1.14. The molecule has 0 unspecified atom stereocenters. The van der Waals surface area contributed by atoms with Gasteiger partial charge in [-0.3, -0.25) is 4.79 Å². The number of carboxylic acids is 1. The summed E-state index contributed by atoms with van der Waals surface area (Å²) in [5.41, 5.74) is 0.476. The largest absolute Gasteiger partial charge is 0.477 e. The molecular formula is C14H19NO3. The lowest BCUT2D eigenvalue weighted by atomic mass is 10.1. The number of hydrogen-bond donors (Lipinski definition) is 1. The Bertz CT molecular complexity index is 510. The minimum absolute atomic E-state index is 0.119. The summed E-state index contributed by atoms with van der Waals surface area (Å²) in [5.74, 6) is -0.914. The fourth-order valence-electron chi connectivity index (χ4n) is 2.74. The van der Waals surface area contributed by atoms with E-state index in [9.17, 15) is 9.59 Å². The standard InChI is InChI=1S/C14H19NO3/c1-9(2)12-8-7-11(14(17)18)13(16)15(12)10-5-3-4-6-10/h7-10H,3-6H2,1-2H3,(H,17,18). The van der Waals surface area contributed by atoms with E-state index in [0.29, 0.717) is 0 Å². The molecule has 0 aliphatic heterocycles. The van der Waals surface area contributed by atoms with E-state index in [1.807, 2.05) is 13.8 Å². The third kappa shape index (κ3) is 2.19. The molecule has 0 spiro atoms. The van der Waals surface area contributed by atoms with Crippen LogP contribution in [0.5, 0.6) is 0 Å². The predicted molar refractivity (Wildman–Crippen MR) is 69.3 cm³/mol. The van der Waals surface area contributed by atoms with Gasteiger partial charge in [-0.05, 0) is 30.9 Å². The average Bonchev–Trinajstić information content (AvgIpc) is 2.80. The zero-order chi connectivity index (χ0) is 13.3. The molecule has 2 rings (SSSR count). The summed E-state index contributed by atoms with van der Waals surface area (Å²) >= 11 is 0. The van der Waals surface area contributed by atoms with Gasteiger partial charge in [0.1, 0.15) is 5.56 Å². The highest BCUT2D eigenvalue weighted by Gasteiger charge is 2.24. The van der Waals surface area contributed by atoms with Gasteiger partial charge in [0.2, 0.25) is 0 Å². The molecule has 1 aromatic heterocycles. The highest BCUT2D eigenvalue weighted by molar-refractivity contribution is 5.87. The molecule has 98 valence electrons. The lowest BCUT2D eigenvalue weighted by Gasteiger charge is -2.21. The zero-order valence-corrected chi connectivity index (χ0v) is 10.8. The van der Waals surface area contributed by atoms with Gasteiger partial charge in [0.15, 0.2) is 0 Å². The number of nitrogens with zero attached hydrogens (tertiary/aromatic N) is 1. The molecule has 18 heavy (non-hydrogen) atoms. The normalized spacial score (nSPS) is 16.4. The first kappa shape index (κ1) is 12.9. The summed E-state index contributed by atoms with van der Waals surface area (Å²) in [4.78, 5) is 23.4. The van der Waals surface area contributed by atoms with Gasteiger partial charge in [0, 0.05) is 11.7 Å². The van der Waals surface area contributed by atoms with Crippen molar-refractivity contribution in [2.24, 2.45) is 0 Å². The van der Waals surface area contributed by atoms with Gasteiger partial charge in [-0.1, -0.05) is 26.7 Å². The summed E-state index contributed by atoms with van der Waals surface area (Å²) in [6.45, 7) is 4.06. The second-order valence-electron chi connectivity index (χ2n) is 5.25. The van der Waals surface area contributed by atoms with Crippen LogP contribution in [0.3, 0.4) is 0 Å². The molecule has 0 atom stereocenters. The van der Waals surface area contributed by atoms with Crippen LogP contribution in [0, 0.1) is 0 Å². The van der Waals surface area contributed by atoms with Crippen LogP contribution in [-0.2, 0) is 0 Å². The molecule has 1 aliphatic rings. The predicted octanol–water partition coefficient (Wildman–Crippen LogP) is 2.79. The van der Waals surface area contributed by atoms with Crippen LogP contribution in [0.4, 0.5) is 0 Å². The molecule has 4 heteroatoms. The van der Waals surface area contributed by atoms with Crippen LogP contribution in [-0.4, -0.2) is 15.6 Å². The maximum Gasteiger partial charge on any atom is 0.341 e. The van der Waals surface area contributed by atoms with E-state index in [4.69, 9.17) is 5.11 Å².